The lowest BCUT2D eigenvalue weighted by atomic mass is 9.84. The Hall–Kier alpha value is -1.26. The van der Waals surface area contributed by atoms with Gasteiger partial charge in [0.15, 0.2) is 0 Å². The van der Waals surface area contributed by atoms with E-state index in [-0.39, 0.29) is 42.2 Å². The van der Waals surface area contributed by atoms with Crippen LogP contribution in [0.15, 0.2) is 24.3 Å². The van der Waals surface area contributed by atoms with Crippen LogP contribution in [-0.4, -0.2) is 42.4 Å². The SMILES string of the molecule is C[N+]1(C)CCCC1OC(=O)C(c1ccccc1O)C1CCCC1.[Cl-]. The highest BCUT2D eigenvalue weighted by molar-refractivity contribution is 5.79. The van der Waals surface area contributed by atoms with Crippen molar-refractivity contribution in [2.45, 2.75) is 50.7 Å². The molecule has 2 unspecified atom stereocenters. The van der Waals surface area contributed by atoms with E-state index in [1.807, 2.05) is 12.1 Å². The molecule has 3 rings (SSSR count). The molecule has 24 heavy (non-hydrogen) atoms. The third kappa shape index (κ3) is 3.86. The summed E-state index contributed by atoms with van der Waals surface area (Å²) in [4.78, 5) is 13.0. The van der Waals surface area contributed by atoms with Crippen molar-refractivity contribution in [2.24, 2.45) is 5.92 Å². The summed E-state index contributed by atoms with van der Waals surface area (Å²) >= 11 is 0. The van der Waals surface area contributed by atoms with Crippen LogP contribution in [0.2, 0.25) is 0 Å². The van der Waals surface area contributed by atoms with Gasteiger partial charge in [0.1, 0.15) is 5.75 Å². The average Bonchev–Trinajstić information content (AvgIpc) is 3.12. The van der Waals surface area contributed by atoms with Gasteiger partial charge in [-0.15, -0.1) is 0 Å². The zero-order valence-corrected chi connectivity index (χ0v) is 15.3. The van der Waals surface area contributed by atoms with Gasteiger partial charge in [-0.2, -0.15) is 0 Å². The smallest absolute Gasteiger partial charge is 0.318 e. The topological polar surface area (TPSA) is 46.5 Å². The van der Waals surface area contributed by atoms with Crippen molar-refractivity contribution < 1.29 is 31.5 Å². The van der Waals surface area contributed by atoms with Gasteiger partial charge in [0.2, 0.25) is 6.23 Å². The summed E-state index contributed by atoms with van der Waals surface area (Å²) in [6, 6.07) is 7.22. The van der Waals surface area contributed by atoms with Gasteiger partial charge in [0.05, 0.1) is 26.6 Å². The van der Waals surface area contributed by atoms with Crippen molar-refractivity contribution in [3.05, 3.63) is 29.8 Å². The van der Waals surface area contributed by atoms with Crippen molar-refractivity contribution >= 4 is 5.97 Å². The molecular formula is C19H28ClNO3. The number of rotatable bonds is 4. The van der Waals surface area contributed by atoms with Gasteiger partial charge in [-0.25, -0.2) is 0 Å². The van der Waals surface area contributed by atoms with Crippen LogP contribution in [0.3, 0.4) is 0 Å². The van der Waals surface area contributed by atoms with Crippen molar-refractivity contribution in [1.82, 2.24) is 0 Å². The van der Waals surface area contributed by atoms with Gasteiger partial charge in [-0.3, -0.25) is 9.28 Å². The second kappa shape index (κ2) is 7.75. The number of aromatic hydroxyl groups is 1. The Bertz CT molecular complexity index is 569. The molecule has 0 bridgehead atoms. The number of benzene rings is 1. The molecule has 2 atom stereocenters. The normalized spacial score (nSPS) is 24.3. The number of esters is 1. The second-order valence-corrected chi connectivity index (χ2v) is 7.62. The molecule has 2 fully saturated rings. The molecule has 0 aromatic heterocycles. The number of quaternary nitrogens is 1. The van der Waals surface area contributed by atoms with E-state index in [0.717, 1.165) is 55.1 Å². The molecule has 0 radical (unpaired) electrons. The monoisotopic (exact) mass is 353 g/mol. The molecule has 1 aromatic rings. The molecule has 1 heterocycles. The number of ether oxygens (including phenoxy) is 1. The molecule has 1 saturated heterocycles. The van der Waals surface area contributed by atoms with Crippen LogP contribution in [0.1, 0.15) is 50.0 Å². The van der Waals surface area contributed by atoms with Gasteiger partial charge in [-0.1, -0.05) is 31.0 Å². The van der Waals surface area contributed by atoms with Crippen LogP contribution in [0.4, 0.5) is 0 Å². The van der Waals surface area contributed by atoms with E-state index in [9.17, 15) is 9.90 Å². The lowest BCUT2D eigenvalue weighted by Gasteiger charge is -2.32. The number of hydrogen-bond acceptors (Lipinski definition) is 3. The predicted octanol–water partition coefficient (Wildman–Crippen LogP) is 0.410. The first-order valence-electron chi connectivity index (χ1n) is 8.80. The number of phenols is 1. The molecule has 0 amide bonds. The molecule has 134 valence electrons. The molecule has 1 aliphatic carbocycles. The Morgan fingerprint density at radius 2 is 1.83 bits per heavy atom. The van der Waals surface area contributed by atoms with Crippen LogP contribution in [-0.2, 0) is 9.53 Å². The highest BCUT2D eigenvalue weighted by Crippen LogP contribution is 2.41. The lowest BCUT2D eigenvalue weighted by Crippen LogP contribution is -3.00. The molecule has 0 spiro atoms. The van der Waals surface area contributed by atoms with Crippen LogP contribution in [0, 0.1) is 5.92 Å². The number of nitrogens with zero attached hydrogens (tertiary/aromatic N) is 1. The number of halogens is 1. The van der Waals surface area contributed by atoms with Gasteiger partial charge in [-0.05, 0) is 24.8 Å². The highest BCUT2D eigenvalue weighted by atomic mass is 35.5. The Morgan fingerprint density at radius 1 is 1.17 bits per heavy atom. The number of para-hydroxylation sites is 1. The minimum absolute atomic E-state index is 0. The van der Waals surface area contributed by atoms with Crippen molar-refractivity contribution in [2.75, 3.05) is 20.6 Å². The summed E-state index contributed by atoms with van der Waals surface area (Å²) in [5.41, 5.74) is 0.729. The molecule has 2 aliphatic rings. The van der Waals surface area contributed by atoms with E-state index >= 15 is 0 Å². The van der Waals surface area contributed by atoms with E-state index < -0.39 is 0 Å². The summed E-state index contributed by atoms with van der Waals surface area (Å²) in [5, 5.41) is 10.2. The standard InChI is InChI=1S/C19H27NO3.ClH/c1-20(2)13-7-12-17(20)23-19(22)18(14-8-3-4-9-14)15-10-5-6-11-16(15)21;/h5-6,10-11,14,17-18H,3-4,7-9,12-13H2,1-2H3;1H. The third-order valence-electron chi connectivity index (χ3n) is 5.61. The molecule has 1 saturated carbocycles. The molecule has 1 aliphatic heterocycles. The minimum Gasteiger partial charge on any atom is -1.00 e. The number of hydrogen-bond donors (Lipinski definition) is 1. The first kappa shape index (κ1) is 19.1. The fourth-order valence-electron chi connectivity index (χ4n) is 4.19. The Kier molecular flexibility index (Phi) is 6.16. The molecule has 5 heteroatoms. The highest BCUT2D eigenvalue weighted by Gasteiger charge is 2.41. The van der Waals surface area contributed by atoms with E-state index in [4.69, 9.17) is 4.74 Å². The van der Waals surface area contributed by atoms with Crippen molar-refractivity contribution in [1.29, 1.82) is 0 Å². The lowest BCUT2D eigenvalue weighted by molar-refractivity contribution is -0.921. The second-order valence-electron chi connectivity index (χ2n) is 7.62. The largest absolute Gasteiger partial charge is 1.00 e. The van der Waals surface area contributed by atoms with E-state index in [0.29, 0.717) is 0 Å². The summed E-state index contributed by atoms with van der Waals surface area (Å²) in [6.45, 7) is 1.04. The van der Waals surface area contributed by atoms with Gasteiger partial charge < -0.3 is 22.3 Å². The van der Waals surface area contributed by atoms with Crippen molar-refractivity contribution in [3.8, 4) is 5.75 Å². The van der Waals surface area contributed by atoms with Gasteiger partial charge in [0.25, 0.3) is 0 Å². The fourth-order valence-corrected chi connectivity index (χ4v) is 4.19. The number of likely N-dealkylation sites (tertiary alicyclic amines) is 1. The summed E-state index contributed by atoms with van der Waals surface area (Å²) < 4.78 is 6.67. The first-order chi connectivity index (χ1) is 11.0. The van der Waals surface area contributed by atoms with Crippen LogP contribution < -0.4 is 12.4 Å². The maximum atomic E-state index is 13.0. The fraction of sp³-hybridized carbons (Fsp3) is 0.632. The molecule has 1 N–H and O–H groups in total. The number of carbonyl (C=O) groups is 1. The van der Waals surface area contributed by atoms with E-state index in [2.05, 4.69) is 14.1 Å². The predicted molar refractivity (Wildman–Crippen MR) is 88.9 cm³/mol. The Morgan fingerprint density at radius 3 is 2.42 bits per heavy atom. The Balaban J connectivity index is 0.00000208. The maximum Gasteiger partial charge on any atom is 0.318 e. The third-order valence-corrected chi connectivity index (χ3v) is 5.61. The quantitative estimate of drug-likeness (QED) is 0.630. The zero-order chi connectivity index (χ0) is 16.4. The summed E-state index contributed by atoms with van der Waals surface area (Å²) in [7, 11) is 4.24. The van der Waals surface area contributed by atoms with Gasteiger partial charge >= 0.3 is 5.97 Å². The Labute approximate surface area is 150 Å². The minimum atomic E-state index is -0.334. The summed E-state index contributed by atoms with van der Waals surface area (Å²) in [5.74, 6) is 0.00476. The zero-order valence-electron chi connectivity index (χ0n) is 14.6. The first-order valence-corrected chi connectivity index (χ1v) is 8.80. The molecule has 4 nitrogen and oxygen atoms in total. The van der Waals surface area contributed by atoms with Gasteiger partial charge in [0, 0.05) is 18.4 Å². The van der Waals surface area contributed by atoms with E-state index in [1.165, 1.54) is 0 Å². The summed E-state index contributed by atoms with van der Waals surface area (Å²) in [6.07, 6.45) is 6.36. The average molecular weight is 354 g/mol. The van der Waals surface area contributed by atoms with E-state index in [1.54, 1.807) is 12.1 Å². The molecule has 1 aromatic carbocycles. The molecular weight excluding hydrogens is 326 g/mol. The van der Waals surface area contributed by atoms with Crippen LogP contribution >= 0.6 is 0 Å². The van der Waals surface area contributed by atoms with Crippen LogP contribution in [0.25, 0.3) is 0 Å². The number of phenolic OH excluding ortho intramolecular Hbond substituents is 1. The maximum absolute atomic E-state index is 13.0. The van der Waals surface area contributed by atoms with Crippen molar-refractivity contribution in [3.63, 3.8) is 0 Å². The number of carbonyl (C=O) groups excluding carboxylic acids is 1. The van der Waals surface area contributed by atoms with Crippen LogP contribution in [0.5, 0.6) is 5.75 Å².